The van der Waals surface area contributed by atoms with E-state index < -0.39 is 0 Å². The summed E-state index contributed by atoms with van der Waals surface area (Å²) >= 11 is 0. The van der Waals surface area contributed by atoms with E-state index in [1.165, 1.54) is 0 Å². The van der Waals surface area contributed by atoms with Crippen molar-refractivity contribution in [3.63, 3.8) is 0 Å². The van der Waals surface area contributed by atoms with Crippen molar-refractivity contribution in [2.24, 2.45) is 17.3 Å². The van der Waals surface area contributed by atoms with Gasteiger partial charge in [-0.1, -0.05) is 59.7 Å². The third-order valence-electron chi connectivity index (χ3n) is 3.69. The van der Waals surface area contributed by atoms with Gasteiger partial charge in [0.05, 0.1) is 6.04 Å². The molecule has 1 aromatic carbocycles. The summed E-state index contributed by atoms with van der Waals surface area (Å²) < 4.78 is 0. The van der Waals surface area contributed by atoms with Crippen molar-refractivity contribution in [1.29, 1.82) is 0 Å². The third kappa shape index (κ3) is 4.38. The summed E-state index contributed by atoms with van der Waals surface area (Å²) in [6, 6.07) is 9.84. The molecule has 1 rings (SSSR count). The standard InChI is InChI=1S/C17H27NO/c1-12(2)13(3)15(16(19)17(4,5)6)18-14-10-8-7-9-11-14/h7-13,15,18H,1-6H3/t13-,15-/m0/s1. The number of nitrogens with one attached hydrogen (secondary N) is 1. The maximum absolute atomic E-state index is 12.7. The zero-order chi connectivity index (χ0) is 14.6. The molecule has 2 nitrogen and oxygen atoms in total. The van der Waals surface area contributed by atoms with Crippen molar-refractivity contribution in [3.8, 4) is 0 Å². The molecule has 106 valence electrons. The number of ketones is 1. The van der Waals surface area contributed by atoms with Crippen molar-refractivity contribution in [2.75, 3.05) is 5.32 Å². The van der Waals surface area contributed by atoms with E-state index in [1.54, 1.807) is 0 Å². The van der Waals surface area contributed by atoms with Crippen LogP contribution in [0.15, 0.2) is 30.3 Å². The van der Waals surface area contributed by atoms with Crippen LogP contribution in [-0.2, 0) is 4.79 Å². The number of anilines is 1. The summed E-state index contributed by atoms with van der Waals surface area (Å²) in [5.41, 5.74) is 0.688. The van der Waals surface area contributed by atoms with E-state index >= 15 is 0 Å². The second kappa shape index (κ2) is 6.23. The van der Waals surface area contributed by atoms with Gasteiger partial charge in [0, 0.05) is 11.1 Å². The number of hydrogen-bond donors (Lipinski definition) is 1. The van der Waals surface area contributed by atoms with Crippen LogP contribution >= 0.6 is 0 Å². The molecule has 2 atom stereocenters. The van der Waals surface area contributed by atoms with Gasteiger partial charge < -0.3 is 5.32 Å². The van der Waals surface area contributed by atoms with Gasteiger partial charge in [0.1, 0.15) is 0 Å². The molecule has 2 heteroatoms. The summed E-state index contributed by atoms with van der Waals surface area (Å²) in [4.78, 5) is 12.7. The molecule has 0 bridgehead atoms. The third-order valence-corrected chi connectivity index (χ3v) is 3.69. The van der Waals surface area contributed by atoms with Gasteiger partial charge in [-0.3, -0.25) is 4.79 Å². The zero-order valence-electron chi connectivity index (χ0n) is 13.0. The Morgan fingerprint density at radius 3 is 2.00 bits per heavy atom. The molecule has 0 amide bonds. The van der Waals surface area contributed by atoms with E-state index in [-0.39, 0.29) is 17.2 Å². The molecular formula is C17H27NO. The highest BCUT2D eigenvalue weighted by molar-refractivity contribution is 5.91. The van der Waals surface area contributed by atoms with E-state index in [0.29, 0.717) is 11.8 Å². The second-order valence-electron chi connectivity index (χ2n) is 6.71. The Bertz CT molecular complexity index is 403. The van der Waals surface area contributed by atoms with Crippen LogP contribution in [0.5, 0.6) is 0 Å². The van der Waals surface area contributed by atoms with Gasteiger partial charge in [-0.2, -0.15) is 0 Å². The van der Waals surface area contributed by atoms with Gasteiger partial charge in [0.2, 0.25) is 0 Å². The monoisotopic (exact) mass is 261 g/mol. The highest BCUT2D eigenvalue weighted by atomic mass is 16.1. The molecule has 0 radical (unpaired) electrons. The largest absolute Gasteiger partial charge is 0.375 e. The normalized spacial score (nSPS) is 15.1. The van der Waals surface area contributed by atoms with Gasteiger partial charge in [-0.15, -0.1) is 0 Å². The lowest BCUT2D eigenvalue weighted by molar-refractivity contribution is -0.128. The maximum Gasteiger partial charge on any atom is 0.160 e. The van der Waals surface area contributed by atoms with E-state index in [9.17, 15) is 4.79 Å². The van der Waals surface area contributed by atoms with Crippen LogP contribution in [0.1, 0.15) is 41.5 Å². The molecule has 0 fully saturated rings. The Kier molecular flexibility index (Phi) is 5.16. The molecule has 0 aliphatic heterocycles. The number of para-hydroxylation sites is 1. The molecule has 0 saturated heterocycles. The fourth-order valence-corrected chi connectivity index (χ4v) is 2.00. The average molecular weight is 261 g/mol. The molecule has 0 aromatic heterocycles. The van der Waals surface area contributed by atoms with Crippen molar-refractivity contribution in [1.82, 2.24) is 0 Å². The van der Waals surface area contributed by atoms with E-state index in [0.717, 1.165) is 5.69 Å². The molecule has 0 aliphatic carbocycles. The van der Waals surface area contributed by atoms with Gasteiger partial charge in [-0.25, -0.2) is 0 Å². The number of rotatable bonds is 5. The molecule has 19 heavy (non-hydrogen) atoms. The molecule has 0 aliphatic rings. The van der Waals surface area contributed by atoms with Crippen LogP contribution in [0.25, 0.3) is 0 Å². The SMILES string of the molecule is CC(C)[C@H](C)[C@H](Nc1ccccc1)C(=O)C(C)(C)C. The fourth-order valence-electron chi connectivity index (χ4n) is 2.00. The Labute approximate surface area is 117 Å². The smallest absolute Gasteiger partial charge is 0.160 e. The lowest BCUT2D eigenvalue weighted by Gasteiger charge is -2.32. The maximum atomic E-state index is 12.7. The Morgan fingerprint density at radius 2 is 1.58 bits per heavy atom. The second-order valence-corrected chi connectivity index (χ2v) is 6.71. The quantitative estimate of drug-likeness (QED) is 0.852. The van der Waals surface area contributed by atoms with Crippen LogP contribution in [0.2, 0.25) is 0 Å². The average Bonchev–Trinajstić information content (AvgIpc) is 2.34. The van der Waals surface area contributed by atoms with Gasteiger partial charge in [0.15, 0.2) is 5.78 Å². The first kappa shape index (κ1) is 15.7. The van der Waals surface area contributed by atoms with Crippen LogP contribution in [0.4, 0.5) is 5.69 Å². The first-order chi connectivity index (χ1) is 8.73. The van der Waals surface area contributed by atoms with Crippen molar-refractivity contribution in [2.45, 2.75) is 47.6 Å². The van der Waals surface area contributed by atoms with E-state index in [1.807, 2.05) is 51.1 Å². The molecular weight excluding hydrogens is 234 g/mol. The Hall–Kier alpha value is -1.31. The van der Waals surface area contributed by atoms with E-state index in [4.69, 9.17) is 0 Å². The highest BCUT2D eigenvalue weighted by Crippen LogP contribution is 2.26. The molecule has 0 spiro atoms. The summed E-state index contributed by atoms with van der Waals surface area (Å²) in [7, 11) is 0. The minimum absolute atomic E-state index is 0.137. The summed E-state index contributed by atoms with van der Waals surface area (Å²) in [6.45, 7) is 12.4. The van der Waals surface area contributed by atoms with Crippen molar-refractivity contribution >= 4 is 11.5 Å². The molecule has 0 unspecified atom stereocenters. The summed E-state index contributed by atoms with van der Waals surface area (Å²) in [5.74, 6) is 1.04. The first-order valence-electron chi connectivity index (χ1n) is 7.09. The Morgan fingerprint density at radius 1 is 1.05 bits per heavy atom. The first-order valence-corrected chi connectivity index (χ1v) is 7.09. The molecule has 0 saturated carbocycles. The predicted molar refractivity (Wildman–Crippen MR) is 82.3 cm³/mol. The number of Topliss-reactive ketones (excluding diaryl/α,β-unsaturated/α-hetero) is 1. The molecule has 0 heterocycles. The zero-order valence-corrected chi connectivity index (χ0v) is 13.0. The number of carbonyl (C=O) groups is 1. The van der Waals surface area contributed by atoms with Crippen LogP contribution in [-0.4, -0.2) is 11.8 Å². The topological polar surface area (TPSA) is 29.1 Å². The van der Waals surface area contributed by atoms with Crippen LogP contribution < -0.4 is 5.32 Å². The van der Waals surface area contributed by atoms with Crippen LogP contribution in [0, 0.1) is 17.3 Å². The number of carbonyl (C=O) groups excluding carboxylic acids is 1. The predicted octanol–water partition coefficient (Wildman–Crippen LogP) is 4.37. The summed E-state index contributed by atoms with van der Waals surface area (Å²) in [5, 5.41) is 3.42. The molecule has 1 N–H and O–H groups in total. The van der Waals surface area contributed by atoms with Crippen LogP contribution in [0.3, 0.4) is 0 Å². The van der Waals surface area contributed by atoms with E-state index in [2.05, 4.69) is 26.1 Å². The summed E-state index contributed by atoms with van der Waals surface area (Å²) in [6.07, 6.45) is 0. The molecule has 1 aromatic rings. The van der Waals surface area contributed by atoms with Gasteiger partial charge in [0.25, 0.3) is 0 Å². The fraction of sp³-hybridized carbons (Fsp3) is 0.588. The van der Waals surface area contributed by atoms with Crippen molar-refractivity contribution < 1.29 is 4.79 Å². The lowest BCUT2D eigenvalue weighted by Crippen LogP contribution is -2.43. The minimum atomic E-state index is -0.324. The Balaban J connectivity index is 2.97. The number of benzene rings is 1. The van der Waals surface area contributed by atoms with Crippen molar-refractivity contribution in [3.05, 3.63) is 30.3 Å². The highest BCUT2D eigenvalue weighted by Gasteiger charge is 2.34. The number of hydrogen-bond acceptors (Lipinski definition) is 2. The van der Waals surface area contributed by atoms with Gasteiger partial charge in [-0.05, 0) is 24.0 Å². The lowest BCUT2D eigenvalue weighted by atomic mass is 9.78. The minimum Gasteiger partial charge on any atom is -0.375 e. The van der Waals surface area contributed by atoms with Gasteiger partial charge >= 0.3 is 0 Å².